The number of alkyl halides is 3. The Morgan fingerprint density at radius 3 is 2.62 bits per heavy atom. The van der Waals surface area contributed by atoms with Gasteiger partial charge in [0, 0.05) is 25.0 Å². The molecule has 1 aromatic rings. The van der Waals surface area contributed by atoms with Crippen LogP contribution < -0.4 is 5.32 Å². The first-order chi connectivity index (χ1) is 9.86. The van der Waals surface area contributed by atoms with Crippen LogP contribution in [0.2, 0.25) is 0 Å². The summed E-state index contributed by atoms with van der Waals surface area (Å²) in [5.41, 5.74) is -1.57. The van der Waals surface area contributed by atoms with Crippen LogP contribution in [0.4, 0.5) is 24.5 Å². The molecular weight excluding hydrogens is 309 g/mol. The molecule has 21 heavy (non-hydrogen) atoms. The Hall–Kier alpha value is -1.48. The van der Waals surface area contributed by atoms with Gasteiger partial charge in [0.25, 0.3) is 5.69 Å². The monoisotopic (exact) mass is 324 g/mol. The minimum Gasteiger partial charge on any atom is -0.396 e. The standard InChI is InChI=1S/C12H15F3N2O3S/c13-12(14,15)9-2-3-10(11(8-9)17(19)20)16-4-7-21-6-1-5-18/h2-3,8,16,18H,1,4-7H2. The Labute approximate surface area is 123 Å². The maximum atomic E-state index is 12.5. The highest BCUT2D eigenvalue weighted by Gasteiger charge is 2.32. The molecule has 0 unspecified atom stereocenters. The summed E-state index contributed by atoms with van der Waals surface area (Å²) in [4.78, 5) is 10.0. The van der Waals surface area contributed by atoms with E-state index in [1.54, 1.807) is 11.8 Å². The summed E-state index contributed by atoms with van der Waals surface area (Å²) in [6.07, 6.45) is -3.95. The molecule has 0 radical (unpaired) electrons. The predicted molar refractivity (Wildman–Crippen MR) is 75.6 cm³/mol. The number of nitro groups is 1. The first-order valence-electron chi connectivity index (χ1n) is 6.14. The Morgan fingerprint density at radius 2 is 2.05 bits per heavy atom. The number of nitrogens with zero attached hydrogens (tertiary/aromatic N) is 1. The van der Waals surface area contributed by atoms with Crippen molar-refractivity contribution >= 4 is 23.1 Å². The van der Waals surface area contributed by atoms with E-state index in [4.69, 9.17) is 5.11 Å². The number of nitrogens with one attached hydrogen (secondary N) is 1. The number of aliphatic hydroxyl groups is 1. The number of hydrogen-bond donors (Lipinski definition) is 2. The van der Waals surface area contributed by atoms with Crippen LogP contribution in [0.5, 0.6) is 0 Å². The summed E-state index contributed by atoms with van der Waals surface area (Å²) in [5, 5.41) is 22.2. The summed E-state index contributed by atoms with van der Waals surface area (Å²) in [6, 6.07) is 2.41. The Kier molecular flexibility index (Phi) is 6.76. The predicted octanol–water partition coefficient (Wildman–Crippen LogP) is 3.14. The van der Waals surface area contributed by atoms with E-state index in [-0.39, 0.29) is 12.3 Å². The summed E-state index contributed by atoms with van der Waals surface area (Å²) >= 11 is 1.55. The number of benzene rings is 1. The molecule has 118 valence electrons. The van der Waals surface area contributed by atoms with Crippen LogP contribution in [0.25, 0.3) is 0 Å². The summed E-state index contributed by atoms with van der Waals surface area (Å²) in [6.45, 7) is 0.493. The van der Waals surface area contributed by atoms with Crippen molar-refractivity contribution in [2.24, 2.45) is 0 Å². The van der Waals surface area contributed by atoms with E-state index in [9.17, 15) is 23.3 Å². The van der Waals surface area contributed by atoms with Crippen molar-refractivity contribution in [2.45, 2.75) is 12.6 Å². The third-order valence-electron chi connectivity index (χ3n) is 2.53. The van der Waals surface area contributed by atoms with Crippen LogP contribution in [0, 0.1) is 10.1 Å². The summed E-state index contributed by atoms with van der Waals surface area (Å²) in [7, 11) is 0. The largest absolute Gasteiger partial charge is 0.416 e. The summed E-state index contributed by atoms with van der Waals surface area (Å²) < 4.78 is 37.6. The third-order valence-corrected chi connectivity index (χ3v) is 3.60. The zero-order chi connectivity index (χ0) is 15.9. The fourth-order valence-corrected chi connectivity index (χ4v) is 2.32. The van der Waals surface area contributed by atoms with Gasteiger partial charge in [0.2, 0.25) is 0 Å². The van der Waals surface area contributed by atoms with E-state index in [0.717, 1.165) is 17.9 Å². The van der Waals surface area contributed by atoms with E-state index >= 15 is 0 Å². The van der Waals surface area contributed by atoms with Crippen molar-refractivity contribution in [1.29, 1.82) is 0 Å². The maximum absolute atomic E-state index is 12.5. The molecule has 0 atom stereocenters. The zero-order valence-electron chi connectivity index (χ0n) is 11.0. The first kappa shape index (κ1) is 17.6. The molecule has 0 aromatic heterocycles. The lowest BCUT2D eigenvalue weighted by molar-refractivity contribution is -0.384. The van der Waals surface area contributed by atoms with Crippen molar-refractivity contribution in [3.05, 3.63) is 33.9 Å². The van der Waals surface area contributed by atoms with Crippen LogP contribution >= 0.6 is 11.8 Å². The highest BCUT2D eigenvalue weighted by Crippen LogP contribution is 2.34. The first-order valence-corrected chi connectivity index (χ1v) is 7.30. The number of nitro benzene ring substituents is 1. The molecule has 0 heterocycles. The van der Waals surface area contributed by atoms with E-state index in [2.05, 4.69) is 5.32 Å². The van der Waals surface area contributed by atoms with Gasteiger partial charge in [-0.05, 0) is 24.3 Å². The van der Waals surface area contributed by atoms with Gasteiger partial charge in [-0.1, -0.05) is 0 Å². The fraction of sp³-hybridized carbons (Fsp3) is 0.500. The highest BCUT2D eigenvalue weighted by molar-refractivity contribution is 7.99. The van der Waals surface area contributed by atoms with Gasteiger partial charge in [-0.3, -0.25) is 10.1 Å². The number of halogens is 3. The molecule has 0 saturated carbocycles. The lowest BCUT2D eigenvalue weighted by Gasteiger charge is -2.10. The molecule has 0 saturated heterocycles. The molecule has 0 spiro atoms. The SMILES string of the molecule is O=[N+]([O-])c1cc(C(F)(F)F)ccc1NCCSCCCO. The molecule has 0 aliphatic rings. The zero-order valence-corrected chi connectivity index (χ0v) is 11.8. The second-order valence-corrected chi connectivity index (χ2v) is 5.33. The maximum Gasteiger partial charge on any atom is 0.416 e. The number of aliphatic hydroxyl groups excluding tert-OH is 1. The van der Waals surface area contributed by atoms with E-state index in [1.165, 1.54) is 0 Å². The van der Waals surface area contributed by atoms with E-state index in [0.29, 0.717) is 24.8 Å². The van der Waals surface area contributed by atoms with E-state index in [1.807, 2.05) is 0 Å². The van der Waals surface area contributed by atoms with Crippen molar-refractivity contribution in [1.82, 2.24) is 0 Å². The molecule has 0 fully saturated rings. The molecule has 5 nitrogen and oxygen atoms in total. The minimum absolute atomic E-state index is 0.0655. The van der Waals surface area contributed by atoms with Crippen molar-refractivity contribution < 1.29 is 23.2 Å². The van der Waals surface area contributed by atoms with Gasteiger partial charge < -0.3 is 10.4 Å². The molecule has 0 amide bonds. The second kappa shape index (κ2) is 8.08. The number of rotatable bonds is 8. The molecule has 0 aliphatic heterocycles. The second-order valence-electron chi connectivity index (χ2n) is 4.10. The van der Waals surface area contributed by atoms with E-state index < -0.39 is 22.4 Å². The van der Waals surface area contributed by atoms with Crippen LogP contribution in [0.15, 0.2) is 18.2 Å². The fourth-order valence-electron chi connectivity index (χ4n) is 1.54. The van der Waals surface area contributed by atoms with Gasteiger partial charge in [-0.2, -0.15) is 24.9 Å². The molecule has 9 heteroatoms. The van der Waals surface area contributed by atoms with Gasteiger partial charge in [0.05, 0.1) is 10.5 Å². The Balaban J connectivity index is 2.67. The van der Waals surface area contributed by atoms with Crippen molar-refractivity contribution in [3.8, 4) is 0 Å². The normalized spacial score (nSPS) is 11.4. The van der Waals surface area contributed by atoms with Crippen LogP contribution in [0.3, 0.4) is 0 Å². The van der Waals surface area contributed by atoms with Gasteiger partial charge in [0.1, 0.15) is 5.69 Å². The average molecular weight is 324 g/mol. The van der Waals surface area contributed by atoms with Gasteiger partial charge in [-0.25, -0.2) is 0 Å². The lowest BCUT2D eigenvalue weighted by atomic mass is 10.1. The number of anilines is 1. The molecule has 1 rings (SSSR count). The molecule has 2 N–H and O–H groups in total. The van der Waals surface area contributed by atoms with Crippen LogP contribution in [0.1, 0.15) is 12.0 Å². The van der Waals surface area contributed by atoms with Crippen molar-refractivity contribution in [3.63, 3.8) is 0 Å². The Bertz CT molecular complexity index is 483. The van der Waals surface area contributed by atoms with Crippen molar-refractivity contribution in [2.75, 3.05) is 30.0 Å². The average Bonchev–Trinajstić information content (AvgIpc) is 2.41. The third kappa shape index (κ3) is 5.80. The molecule has 0 bridgehead atoms. The van der Waals surface area contributed by atoms with Gasteiger partial charge >= 0.3 is 6.18 Å². The quantitative estimate of drug-likeness (QED) is 0.436. The number of thioether (sulfide) groups is 1. The van der Waals surface area contributed by atoms with Gasteiger partial charge in [0.15, 0.2) is 0 Å². The molecule has 1 aromatic carbocycles. The minimum atomic E-state index is -4.61. The van der Waals surface area contributed by atoms with Crippen LogP contribution in [-0.2, 0) is 6.18 Å². The highest BCUT2D eigenvalue weighted by atomic mass is 32.2. The lowest BCUT2D eigenvalue weighted by Crippen LogP contribution is -2.10. The topological polar surface area (TPSA) is 75.4 Å². The van der Waals surface area contributed by atoms with Crippen LogP contribution in [-0.4, -0.2) is 34.7 Å². The summed E-state index contributed by atoms with van der Waals surface area (Å²) in [5.74, 6) is 1.39. The van der Waals surface area contributed by atoms with Gasteiger partial charge in [-0.15, -0.1) is 0 Å². The molecular formula is C12H15F3N2O3S. The smallest absolute Gasteiger partial charge is 0.396 e. The molecule has 0 aliphatic carbocycles. The Morgan fingerprint density at radius 1 is 1.33 bits per heavy atom. The number of hydrogen-bond acceptors (Lipinski definition) is 5.